The van der Waals surface area contributed by atoms with Crippen LogP contribution >= 0.6 is 0 Å². The second-order valence-corrected chi connectivity index (χ2v) is 4.60. The van der Waals surface area contributed by atoms with Crippen LogP contribution in [0.15, 0.2) is 12.2 Å². The summed E-state index contributed by atoms with van der Waals surface area (Å²) in [6.07, 6.45) is 2.29. The maximum atomic E-state index is 5.86. The molecule has 0 spiro atoms. The highest BCUT2D eigenvalue weighted by atomic mass is 15.1. The molecule has 3 nitrogen and oxygen atoms in total. The molecule has 1 fully saturated rings. The van der Waals surface area contributed by atoms with Crippen molar-refractivity contribution in [3.05, 3.63) is 12.2 Å². The van der Waals surface area contributed by atoms with E-state index in [0.717, 1.165) is 39.0 Å². The van der Waals surface area contributed by atoms with Gasteiger partial charge in [-0.1, -0.05) is 12.2 Å². The summed E-state index contributed by atoms with van der Waals surface area (Å²) in [5.74, 6) is 0. The van der Waals surface area contributed by atoms with Gasteiger partial charge in [0, 0.05) is 18.6 Å². The van der Waals surface area contributed by atoms with Crippen LogP contribution in [0.2, 0.25) is 0 Å². The Morgan fingerprint density at radius 1 is 1.50 bits per heavy atom. The number of nitrogens with two attached hydrogens (primary N) is 1. The quantitative estimate of drug-likeness (QED) is 0.648. The van der Waals surface area contributed by atoms with Crippen molar-refractivity contribution in [3.8, 4) is 0 Å². The summed E-state index contributed by atoms with van der Waals surface area (Å²) in [6.45, 7) is 9.85. The molecular formula is C11H23N3. The van der Waals surface area contributed by atoms with E-state index in [2.05, 4.69) is 23.8 Å². The van der Waals surface area contributed by atoms with Crippen molar-refractivity contribution in [3.63, 3.8) is 0 Å². The van der Waals surface area contributed by atoms with Gasteiger partial charge in [0.15, 0.2) is 0 Å². The highest BCUT2D eigenvalue weighted by Crippen LogP contribution is 2.20. The Morgan fingerprint density at radius 2 is 2.07 bits per heavy atom. The first-order valence-electron chi connectivity index (χ1n) is 5.36. The van der Waals surface area contributed by atoms with Gasteiger partial charge in [-0.3, -0.25) is 0 Å². The lowest BCUT2D eigenvalue weighted by Gasteiger charge is -2.40. The van der Waals surface area contributed by atoms with E-state index in [1.54, 1.807) is 0 Å². The van der Waals surface area contributed by atoms with Crippen molar-refractivity contribution in [2.75, 3.05) is 33.2 Å². The van der Waals surface area contributed by atoms with Crippen LogP contribution in [-0.2, 0) is 0 Å². The van der Waals surface area contributed by atoms with Gasteiger partial charge in [0.05, 0.1) is 0 Å². The third kappa shape index (κ3) is 3.08. The summed E-state index contributed by atoms with van der Waals surface area (Å²) in [4.78, 5) is 2.36. The van der Waals surface area contributed by atoms with Gasteiger partial charge in [-0.15, -0.1) is 0 Å². The smallest absolute Gasteiger partial charge is 0.0331 e. The topological polar surface area (TPSA) is 41.3 Å². The van der Waals surface area contributed by atoms with E-state index < -0.39 is 0 Å². The van der Waals surface area contributed by atoms with E-state index in [1.165, 1.54) is 5.57 Å². The maximum absolute atomic E-state index is 5.86. The molecule has 0 atom stereocenters. The van der Waals surface area contributed by atoms with Crippen molar-refractivity contribution in [2.45, 2.75) is 25.3 Å². The second-order valence-electron chi connectivity index (χ2n) is 4.60. The zero-order valence-electron chi connectivity index (χ0n) is 9.47. The molecule has 14 heavy (non-hydrogen) atoms. The molecule has 1 saturated heterocycles. The number of hydrogen-bond acceptors (Lipinski definition) is 3. The van der Waals surface area contributed by atoms with Crippen LogP contribution in [0.4, 0.5) is 0 Å². The lowest BCUT2D eigenvalue weighted by atomic mass is 9.87. The normalized spacial score (nSPS) is 22.2. The molecule has 0 aromatic carbocycles. The Morgan fingerprint density at radius 3 is 2.50 bits per heavy atom. The van der Waals surface area contributed by atoms with E-state index >= 15 is 0 Å². The zero-order valence-corrected chi connectivity index (χ0v) is 9.47. The molecule has 0 aromatic rings. The predicted molar refractivity (Wildman–Crippen MR) is 61.3 cm³/mol. The molecule has 0 radical (unpaired) electrons. The zero-order chi connectivity index (χ0) is 10.6. The van der Waals surface area contributed by atoms with Gasteiger partial charge >= 0.3 is 0 Å². The lowest BCUT2D eigenvalue weighted by molar-refractivity contribution is 0.165. The monoisotopic (exact) mass is 197 g/mol. The van der Waals surface area contributed by atoms with Crippen molar-refractivity contribution in [2.24, 2.45) is 5.73 Å². The summed E-state index contributed by atoms with van der Waals surface area (Å²) in [6, 6.07) is 0. The molecule has 0 amide bonds. The average Bonchev–Trinajstić information content (AvgIpc) is 2.18. The van der Waals surface area contributed by atoms with E-state index in [1.807, 2.05) is 6.92 Å². The Hall–Kier alpha value is -0.380. The molecule has 1 aliphatic rings. The van der Waals surface area contributed by atoms with Crippen LogP contribution < -0.4 is 11.1 Å². The van der Waals surface area contributed by atoms with Crippen molar-refractivity contribution < 1.29 is 0 Å². The van der Waals surface area contributed by atoms with Crippen LogP contribution in [0.3, 0.4) is 0 Å². The molecule has 0 aliphatic carbocycles. The fraction of sp³-hybridized carbons (Fsp3) is 0.818. The number of likely N-dealkylation sites (tertiary alicyclic amines) is 1. The van der Waals surface area contributed by atoms with Gasteiger partial charge in [0.1, 0.15) is 0 Å². The predicted octanol–water partition coefficient (Wildman–Crippen LogP) is 0.575. The molecule has 82 valence electrons. The standard InChI is InChI=1S/C11H23N3/c1-10(2)8-13-11(9-12)4-6-14(3)7-5-11/h13H,1,4-9,12H2,2-3H3. The molecular weight excluding hydrogens is 174 g/mol. The van der Waals surface area contributed by atoms with Crippen LogP contribution in [-0.4, -0.2) is 43.7 Å². The lowest BCUT2D eigenvalue weighted by Crippen LogP contribution is -2.57. The minimum atomic E-state index is 0.158. The summed E-state index contributed by atoms with van der Waals surface area (Å²) in [5.41, 5.74) is 7.19. The number of piperidine rings is 1. The van der Waals surface area contributed by atoms with Crippen LogP contribution in [0.1, 0.15) is 19.8 Å². The molecule has 1 rings (SSSR count). The van der Waals surface area contributed by atoms with Gasteiger partial charge < -0.3 is 16.0 Å². The van der Waals surface area contributed by atoms with Gasteiger partial charge in [0.25, 0.3) is 0 Å². The highest BCUT2D eigenvalue weighted by molar-refractivity contribution is 4.99. The fourth-order valence-electron chi connectivity index (χ4n) is 1.84. The first-order valence-corrected chi connectivity index (χ1v) is 5.36. The summed E-state index contributed by atoms with van der Waals surface area (Å²) < 4.78 is 0. The number of nitrogens with one attached hydrogen (secondary N) is 1. The summed E-state index contributed by atoms with van der Waals surface area (Å²) >= 11 is 0. The highest BCUT2D eigenvalue weighted by Gasteiger charge is 2.31. The van der Waals surface area contributed by atoms with Gasteiger partial charge in [-0.25, -0.2) is 0 Å². The Balaban J connectivity index is 2.45. The Labute approximate surface area is 87.3 Å². The molecule has 0 unspecified atom stereocenters. The summed E-state index contributed by atoms with van der Waals surface area (Å²) in [7, 11) is 2.17. The third-order valence-corrected chi connectivity index (χ3v) is 3.10. The third-order valence-electron chi connectivity index (χ3n) is 3.10. The minimum absolute atomic E-state index is 0.158. The fourth-order valence-corrected chi connectivity index (χ4v) is 1.84. The van der Waals surface area contributed by atoms with Gasteiger partial charge in [0.2, 0.25) is 0 Å². The minimum Gasteiger partial charge on any atom is -0.329 e. The molecule has 0 aromatic heterocycles. The van der Waals surface area contributed by atoms with Crippen LogP contribution in [0.5, 0.6) is 0 Å². The average molecular weight is 197 g/mol. The molecule has 1 heterocycles. The van der Waals surface area contributed by atoms with E-state index in [4.69, 9.17) is 5.73 Å². The largest absolute Gasteiger partial charge is 0.329 e. The van der Waals surface area contributed by atoms with Crippen molar-refractivity contribution >= 4 is 0 Å². The Kier molecular flexibility index (Phi) is 4.11. The summed E-state index contributed by atoms with van der Waals surface area (Å²) in [5, 5.41) is 3.55. The van der Waals surface area contributed by atoms with Crippen LogP contribution in [0, 0.1) is 0 Å². The van der Waals surface area contributed by atoms with Gasteiger partial charge in [-0.05, 0) is 39.9 Å². The number of rotatable bonds is 4. The Bertz CT molecular complexity index is 193. The molecule has 0 saturated carbocycles. The van der Waals surface area contributed by atoms with Crippen LogP contribution in [0.25, 0.3) is 0 Å². The van der Waals surface area contributed by atoms with Crippen molar-refractivity contribution in [1.29, 1.82) is 0 Å². The number of nitrogens with zero attached hydrogens (tertiary/aromatic N) is 1. The van der Waals surface area contributed by atoms with E-state index in [0.29, 0.717) is 0 Å². The van der Waals surface area contributed by atoms with E-state index in [9.17, 15) is 0 Å². The first-order chi connectivity index (χ1) is 6.58. The maximum Gasteiger partial charge on any atom is 0.0331 e. The SMILES string of the molecule is C=C(C)CNC1(CN)CCN(C)CC1. The molecule has 3 N–H and O–H groups in total. The van der Waals surface area contributed by atoms with E-state index in [-0.39, 0.29) is 5.54 Å². The second kappa shape index (κ2) is 4.91. The first kappa shape index (κ1) is 11.7. The number of hydrogen-bond donors (Lipinski definition) is 2. The molecule has 3 heteroatoms. The van der Waals surface area contributed by atoms with Gasteiger partial charge in [-0.2, -0.15) is 0 Å². The van der Waals surface area contributed by atoms with Crippen molar-refractivity contribution in [1.82, 2.24) is 10.2 Å². The molecule has 1 aliphatic heterocycles. The molecule has 0 bridgehead atoms.